The van der Waals surface area contributed by atoms with Gasteiger partial charge in [-0.2, -0.15) is 0 Å². The lowest BCUT2D eigenvalue weighted by Gasteiger charge is -2.49. The number of hydrogen-bond donors (Lipinski definition) is 2. The van der Waals surface area contributed by atoms with E-state index in [1.807, 2.05) is 67.6 Å². The third kappa shape index (κ3) is 3.36. The van der Waals surface area contributed by atoms with Crippen molar-refractivity contribution in [2.75, 3.05) is 0 Å². The average molecular weight is 412 g/mol. The van der Waals surface area contributed by atoms with Crippen molar-refractivity contribution in [3.8, 4) is 22.4 Å². The van der Waals surface area contributed by atoms with Gasteiger partial charge >= 0.3 is 0 Å². The maximum Gasteiger partial charge on any atom is 0.250 e. The summed E-state index contributed by atoms with van der Waals surface area (Å²) in [4.78, 5) is 17.1. The van der Waals surface area contributed by atoms with Crippen LogP contribution in [0, 0.1) is 0 Å². The van der Waals surface area contributed by atoms with E-state index in [1.165, 1.54) is 0 Å². The number of aromatic nitrogens is 2. The predicted octanol–water partition coefficient (Wildman–Crippen LogP) is 3.97. The molecule has 1 fully saturated rings. The molecule has 0 unspecified atom stereocenters. The van der Waals surface area contributed by atoms with Crippen molar-refractivity contribution in [3.05, 3.63) is 88.7 Å². The fourth-order valence-electron chi connectivity index (χ4n) is 4.82. The Labute approximate surface area is 180 Å². The van der Waals surface area contributed by atoms with Crippen LogP contribution in [-0.2, 0) is 12.6 Å². The van der Waals surface area contributed by atoms with Gasteiger partial charge in [-0.05, 0) is 43.0 Å². The third-order valence-corrected chi connectivity index (χ3v) is 6.32. The van der Waals surface area contributed by atoms with Gasteiger partial charge in [0.1, 0.15) is 0 Å². The zero-order valence-electron chi connectivity index (χ0n) is 17.7. The first-order chi connectivity index (χ1) is 14.8. The van der Waals surface area contributed by atoms with E-state index in [2.05, 4.69) is 0 Å². The molecule has 0 aliphatic heterocycles. The molecule has 1 saturated carbocycles. The Kier molecular flexibility index (Phi) is 4.36. The Hall–Kier alpha value is -3.28. The number of benzene rings is 2. The molecule has 0 atom stereocenters. The van der Waals surface area contributed by atoms with Crippen LogP contribution in [0.1, 0.15) is 25.3 Å². The number of rotatable bonds is 3. The second-order valence-corrected chi connectivity index (χ2v) is 8.97. The molecule has 5 heteroatoms. The summed E-state index contributed by atoms with van der Waals surface area (Å²) in [7, 11) is 1.77. The number of aryl methyl sites for hydroxylation is 1. The highest BCUT2D eigenvalue weighted by atomic mass is 16.3. The zero-order valence-corrected chi connectivity index (χ0v) is 17.7. The Bertz CT molecular complexity index is 1330. The highest BCUT2D eigenvalue weighted by Gasteiger charge is 2.49. The number of pyridine rings is 2. The van der Waals surface area contributed by atoms with E-state index >= 15 is 0 Å². The van der Waals surface area contributed by atoms with Gasteiger partial charge in [0.15, 0.2) is 0 Å². The summed E-state index contributed by atoms with van der Waals surface area (Å²) in [6.45, 7) is 1.82. The fourth-order valence-corrected chi connectivity index (χ4v) is 4.82. The van der Waals surface area contributed by atoms with Gasteiger partial charge < -0.3 is 15.4 Å². The van der Waals surface area contributed by atoms with Gasteiger partial charge in [-0.25, -0.2) is 4.98 Å². The second kappa shape index (κ2) is 6.87. The van der Waals surface area contributed by atoms with Gasteiger partial charge in [-0.1, -0.05) is 54.6 Å². The van der Waals surface area contributed by atoms with Crippen LogP contribution in [-0.4, -0.2) is 20.3 Å². The van der Waals surface area contributed by atoms with Crippen LogP contribution in [0.25, 0.3) is 33.4 Å². The summed E-state index contributed by atoms with van der Waals surface area (Å²) >= 11 is 0. The minimum atomic E-state index is -0.691. The van der Waals surface area contributed by atoms with Crippen molar-refractivity contribution in [2.45, 2.75) is 30.9 Å². The van der Waals surface area contributed by atoms with Crippen molar-refractivity contribution in [1.29, 1.82) is 0 Å². The van der Waals surface area contributed by atoms with Crippen molar-refractivity contribution < 1.29 is 5.11 Å². The van der Waals surface area contributed by atoms with E-state index in [0.717, 1.165) is 39.0 Å². The van der Waals surface area contributed by atoms with E-state index in [4.69, 9.17) is 10.7 Å². The molecule has 0 radical (unpaired) electrons. The molecule has 0 spiro atoms. The standard InChI is InChI=1S/C26H25N3O2/c1-25(31)15-26(27,16-25)19-10-8-18(9-11-19)24-20(17-6-4-3-5-7-17)14-22-21(28-24)12-13-23(30)29(22)2/h3-14,31H,15-16,27H2,1-2H3/t25-,26-. The minimum absolute atomic E-state index is 0.0601. The van der Waals surface area contributed by atoms with Crippen LogP contribution in [0.3, 0.4) is 0 Å². The van der Waals surface area contributed by atoms with Crippen LogP contribution >= 0.6 is 0 Å². The number of hydrogen-bond acceptors (Lipinski definition) is 4. The number of fused-ring (bicyclic) bond motifs is 1. The van der Waals surface area contributed by atoms with Crippen molar-refractivity contribution >= 4 is 11.0 Å². The van der Waals surface area contributed by atoms with Crippen molar-refractivity contribution in [2.24, 2.45) is 12.8 Å². The molecule has 156 valence electrons. The minimum Gasteiger partial charge on any atom is -0.390 e. The number of nitrogens with zero attached hydrogens (tertiary/aromatic N) is 2. The Morgan fingerprint density at radius 1 is 0.968 bits per heavy atom. The molecule has 31 heavy (non-hydrogen) atoms. The van der Waals surface area contributed by atoms with E-state index in [-0.39, 0.29) is 5.56 Å². The molecule has 0 saturated heterocycles. The topological polar surface area (TPSA) is 81.1 Å². The normalized spacial score (nSPS) is 23.0. The van der Waals surface area contributed by atoms with E-state index in [1.54, 1.807) is 23.7 Å². The van der Waals surface area contributed by atoms with Crippen LogP contribution in [0.15, 0.2) is 77.6 Å². The van der Waals surface area contributed by atoms with Crippen LogP contribution < -0.4 is 11.3 Å². The van der Waals surface area contributed by atoms with Gasteiger partial charge in [0, 0.05) is 29.8 Å². The molecule has 4 aromatic rings. The molecular weight excluding hydrogens is 386 g/mol. The van der Waals surface area contributed by atoms with E-state index in [9.17, 15) is 9.90 Å². The SMILES string of the molecule is Cn1c(=O)ccc2nc(-c3ccc([C@]4(N)C[C@](C)(O)C4)cc3)c(-c3ccccc3)cc21. The molecule has 3 N–H and O–H groups in total. The Balaban J connectivity index is 1.65. The molecule has 1 aliphatic carbocycles. The fraction of sp³-hybridized carbons (Fsp3) is 0.231. The molecule has 1 aliphatic rings. The van der Waals surface area contributed by atoms with E-state index in [0.29, 0.717) is 12.8 Å². The van der Waals surface area contributed by atoms with Gasteiger partial charge in [0.05, 0.1) is 22.3 Å². The molecule has 2 heterocycles. The summed E-state index contributed by atoms with van der Waals surface area (Å²) in [6.07, 6.45) is 1.10. The highest BCUT2D eigenvalue weighted by Crippen LogP contribution is 2.46. The largest absolute Gasteiger partial charge is 0.390 e. The molecule has 0 amide bonds. The van der Waals surface area contributed by atoms with Crippen LogP contribution in [0.4, 0.5) is 0 Å². The maximum atomic E-state index is 12.2. The average Bonchev–Trinajstić information content (AvgIpc) is 2.75. The van der Waals surface area contributed by atoms with Gasteiger partial charge in [-0.15, -0.1) is 0 Å². The van der Waals surface area contributed by atoms with Gasteiger partial charge in [0.2, 0.25) is 0 Å². The van der Waals surface area contributed by atoms with Gasteiger partial charge in [-0.3, -0.25) is 4.79 Å². The first-order valence-corrected chi connectivity index (χ1v) is 10.4. The first-order valence-electron chi connectivity index (χ1n) is 10.4. The smallest absolute Gasteiger partial charge is 0.250 e. The van der Waals surface area contributed by atoms with Crippen molar-refractivity contribution in [1.82, 2.24) is 9.55 Å². The molecule has 2 aromatic carbocycles. The summed E-state index contributed by atoms with van der Waals surface area (Å²) < 4.78 is 1.63. The third-order valence-electron chi connectivity index (χ3n) is 6.32. The van der Waals surface area contributed by atoms with Crippen LogP contribution in [0.5, 0.6) is 0 Å². The first kappa shape index (κ1) is 19.7. The lowest BCUT2D eigenvalue weighted by atomic mass is 9.63. The monoisotopic (exact) mass is 411 g/mol. The zero-order chi connectivity index (χ0) is 21.8. The summed E-state index contributed by atoms with van der Waals surface area (Å²) in [5, 5.41) is 10.1. The summed E-state index contributed by atoms with van der Waals surface area (Å²) in [5.74, 6) is 0. The molecule has 2 aromatic heterocycles. The Morgan fingerprint density at radius 3 is 2.29 bits per heavy atom. The lowest BCUT2D eigenvalue weighted by Crippen LogP contribution is -2.58. The lowest BCUT2D eigenvalue weighted by molar-refractivity contribution is -0.0738. The van der Waals surface area contributed by atoms with Gasteiger partial charge in [0.25, 0.3) is 5.56 Å². The van der Waals surface area contributed by atoms with Crippen molar-refractivity contribution in [3.63, 3.8) is 0 Å². The quantitative estimate of drug-likeness (QED) is 0.535. The second-order valence-electron chi connectivity index (χ2n) is 8.97. The van der Waals surface area contributed by atoms with E-state index < -0.39 is 11.1 Å². The number of nitrogens with two attached hydrogens (primary N) is 1. The number of aliphatic hydroxyl groups is 1. The molecule has 0 bridgehead atoms. The molecule has 5 nitrogen and oxygen atoms in total. The molecular formula is C26H25N3O2. The van der Waals surface area contributed by atoms with Crippen LogP contribution in [0.2, 0.25) is 0 Å². The summed E-state index contributed by atoms with van der Waals surface area (Å²) in [6, 6.07) is 23.6. The Morgan fingerprint density at radius 2 is 1.65 bits per heavy atom. The summed E-state index contributed by atoms with van der Waals surface area (Å²) in [5.41, 5.74) is 11.7. The maximum absolute atomic E-state index is 12.2. The highest BCUT2D eigenvalue weighted by molar-refractivity contribution is 5.90. The molecule has 5 rings (SSSR count). The predicted molar refractivity (Wildman–Crippen MR) is 124 cm³/mol.